The Bertz CT molecular complexity index is 805. The second-order valence-corrected chi connectivity index (χ2v) is 6.99. The fraction of sp³-hybridized carbons (Fsp3) is 0.421. The monoisotopic (exact) mass is 370 g/mol. The molecule has 140 valence electrons. The molecule has 4 rings (SSSR count). The van der Waals surface area contributed by atoms with Crippen LogP contribution in [-0.4, -0.2) is 52.7 Å². The summed E-state index contributed by atoms with van der Waals surface area (Å²) >= 11 is 0. The van der Waals surface area contributed by atoms with Crippen LogP contribution in [0, 0.1) is 11.8 Å². The number of esters is 1. The van der Waals surface area contributed by atoms with Crippen molar-refractivity contribution in [2.75, 3.05) is 13.3 Å². The third kappa shape index (κ3) is 2.81. The van der Waals surface area contributed by atoms with E-state index in [1.54, 1.807) is 12.1 Å². The molecule has 1 saturated heterocycles. The zero-order chi connectivity index (χ0) is 19.1. The van der Waals surface area contributed by atoms with E-state index in [-0.39, 0.29) is 34.8 Å². The normalized spacial score (nSPS) is 24.3. The Morgan fingerprint density at radius 2 is 1.41 bits per heavy atom. The van der Waals surface area contributed by atoms with Crippen LogP contribution in [0.1, 0.15) is 46.4 Å². The molecule has 0 bridgehead atoms. The summed E-state index contributed by atoms with van der Waals surface area (Å²) in [5.74, 6) is -3.24. The van der Waals surface area contributed by atoms with E-state index < -0.39 is 31.1 Å². The molecule has 2 atom stereocenters. The number of carbonyl (C=O) groups excluding carboxylic acids is 5. The fourth-order valence-corrected chi connectivity index (χ4v) is 4.05. The first-order valence-corrected chi connectivity index (χ1v) is 8.95. The summed E-state index contributed by atoms with van der Waals surface area (Å²) in [5, 5.41) is 0. The van der Waals surface area contributed by atoms with E-state index in [0.717, 1.165) is 22.6 Å². The van der Waals surface area contributed by atoms with Crippen LogP contribution < -0.4 is 0 Å². The summed E-state index contributed by atoms with van der Waals surface area (Å²) < 4.78 is 5.01. The first-order chi connectivity index (χ1) is 13.0. The van der Waals surface area contributed by atoms with Crippen LogP contribution in [0.15, 0.2) is 24.3 Å². The summed E-state index contributed by atoms with van der Waals surface area (Å²) in [6, 6.07) is 6.34. The van der Waals surface area contributed by atoms with Crippen molar-refractivity contribution in [2.24, 2.45) is 11.8 Å². The fourth-order valence-electron chi connectivity index (χ4n) is 4.05. The van der Waals surface area contributed by atoms with Gasteiger partial charge in [-0.05, 0) is 25.0 Å². The molecule has 2 heterocycles. The van der Waals surface area contributed by atoms with Gasteiger partial charge >= 0.3 is 5.97 Å². The summed E-state index contributed by atoms with van der Waals surface area (Å²) in [6.07, 6.45) is 3.13. The predicted octanol–water partition coefficient (Wildman–Crippen LogP) is 0.958. The van der Waals surface area contributed by atoms with Crippen molar-refractivity contribution in [1.82, 2.24) is 9.80 Å². The minimum absolute atomic E-state index is 0.257. The molecule has 0 radical (unpaired) electrons. The minimum Gasteiger partial charge on any atom is -0.442 e. The van der Waals surface area contributed by atoms with E-state index in [9.17, 15) is 24.0 Å². The lowest BCUT2D eigenvalue weighted by atomic mass is 9.81. The third-order valence-electron chi connectivity index (χ3n) is 5.45. The van der Waals surface area contributed by atoms with Gasteiger partial charge in [-0.15, -0.1) is 0 Å². The van der Waals surface area contributed by atoms with Gasteiger partial charge in [-0.2, -0.15) is 0 Å². The number of rotatable bonds is 4. The molecule has 8 nitrogen and oxygen atoms in total. The average Bonchev–Trinajstić information content (AvgIpc) is 3.07. The van der Waals surface area contributed by atoms with Crippen molar-refractivity contribution in [2.45, 2.75) is 25.7 Å². The molecule has 2 aliphatic heterocycles. The van der Waals surface area contributed by atoms with E-state index in [1.807, 2.05) is 0 Å². The highest BCUT2D eigenvalue weighted by Gasteiger charge is 2.48. The highest BCUT2D eigenvalue weighted by molar-refractivity contribution is 6.21. The molecule has 1 aliphatic carbocycles. The van der Waals surface area contributed by atoms with Gasteiger partial charge in [0.15, 0.2) is 6.73 Å². The van der Waals surface area contributed by atoms with Crippen LogP contribution in [-0.2, 0) is 19.1 Å². The van der Waals surface area contributed by atoms with E-state index in [4.69, 9.17) is 4.74 Å². The zero-order valence-corrected chi connectivity index (χ0v) is 14.6. The van der Waals surface area contributed by atoms with Crippen molar-refractivity contribution in [3.05, 3.63) is 35.4 Å². The Morgan fingerprint density at radius 3 is 1.93 bits per heavy atom. The number of nitrogens with zero attached hydrogens (tertiary/aromatic N) is 2. The Hall–Kier alpha value is -3.03. The first kappa shape index (κ1) is 17.4. The molecule has 27 heavy (non-hydrogen) atoms. The number of imide groups is 2. The maximum Gasteiger partial charge on any atom is 0.327 e. The summed E-state index contributed by atoms with van der Waals surface area (Å²) in [7, 11) is 0. The van der Waals surface area contributed by atoms with Crippen molar-refractivity contribution in [3.8, 4) is 0 Å². The average molecular weight is 370 g/mol. The van der Waals surface area contributed by atoms with Crippen molar-refractivity contribution in [3.63, 3.8) is 0 Å². The van der Waals surface area contributed by atoms with Crippen LogP contribution in [0.25, 0.3) is 0 Å². The standard InChI is InChI=1S/C19H18N2O6/c22-15(9-20-16(23)11-5-1-2-6-12(11)17(20)24)27-10-21-18(25)13-7-3-4-8-14(13)19(21)26/h3-4,7-8,11-12H,1-2,5-6,9-10H2/t11-,12+. The van der Waals surface area contributed by atoms with Crippen molar-refractivity contribution in [1.29, 1.82) is 0 Å². The number of hydrogen-bond acceptors (Lipinski definition) is 6. The summed E-state index contributed by atoms with van der Waals surface area (Å²) in [6.45, 7) is -1.04. The molecule has 3 aliphatic rings. The predicted molar refractivity (Wildman–Crippen MR) is 90.1 cm³/mol. The highest BCUT2D eigenvalue weighted by Crippen LogP contribution is 2.37. The second-order valence-electron chi connectivity index (χ2n) is 6.99. The number of carbonyl (C=O) groups is 5. The van der Waals surface area contributed by atoms with Crippen LogP contribution >= 0.6 is 0 Å². The molecule has 2 fully saturated rings. The first-order valence-electron chi connectivity index (χ1n) is 8.95. The largest absolute Gasteiger partial charge is 0.442 e. The zero-order valence-electron chi connectivity index (χ0n) is 14.6. The van der Waals surface area contributed by atoms with E-state index >= 15 is 0 Å². The number of hydrogen-bond donors (Lipinski definition) is 0. The van der Waals surface area contributed by atoms with E-state index in [2.05, 4.69) is 0 Å². The van der Waals surface area contributed by atoms with Crippen molar-refractivity contribution >= 4 is 29.6 Å². The summed E-state index contributed by atoms with van der Waals surface area (Å²) in [4.78, 5) is 63.1. The number of amides is 4. The van der Waals surface area contributed by atoms with Gasteiger partial charge in [-0.1, -0.05) is 25.0 Å². The number of ether oxygens (including phenoxy) is 1. The molecule has 0 aromatic heterocycles. The van der Waals surface area contributed by atoms with Gasteiger partial charge in [-0.25, -0.2) is 4.90 Å². The molecule has 0 N–H and O–H groups in total. The topological polar surface area (TPSA) is 101 Å². The van der Waals surface area contributed by atoms with Gasteiger partial charge < -0.3 is 4.74 Å². The molecule has 4 amide bonds. The maximum atomic E-state index is 12.4. The Labute approximate surface area is 155 Å². The molecular weight excluding hydrogens is 352 g/mol. The minimum atomic E-state index is -0.827. The number of fused-ring (bicyclic) bond motifs is 2. The van der Waals surface area contributed by atoms with Crippen LogP contribution in [0.5, 0.6) is 0 Å². The molecule has 1 aromatic rings. The van der Waals surface area contributed by atoms with Crippen molar-refractivity contribution < 1.29 is 28.7 Å². The van der Waals surface area contributed by atoms with Gasteiger partial charge in [0.2, 0.25) is 11.8 Å². The van der Waals surface area contributed by atoms with Gasteiger partial charge in [0.1, 0.15) is 6.54 Å². The van der Waals surface area contributed by atoms with E-state index in [0.29, 0.717) is 12.8 Å². The molecule has 1 aromatic carbocycles. The molecule has 0 spiro atoms. The van der Waals surface area contributed by atoms with Gasteiger partial charge in [-0.3, -0.25) is 28.9 Å². The molecule has 0 unspecified atom stereocenters. The SMILES string of the molecule is O=C(CN1C(=O)[C@H]2CCCC[C@H]2C1=O)OCN1C(=O)c2ccccc2C1=O. The Kier molecular flexibility index (Phi) is 4.25. The quantitative estimate of drug-likeness (QED) is 0.578. The maximum absolute atomic E-state index is 12.4. The summed E-state index contributed by atoms with van der Waals surface area (Å²) in [5.41, 5.74) is 0.514. The third-order valence-corrected chi connectivity index (χ3v) is 5.45. The van der Waals surface area contributed by atoms with Crippen LogP contribution in [0.2, 0.25) is 0 Å². The Morgan fingerprint density at radius 1 is 0.889 bits per heavy atom. The lowest BCUT2D eigenvalue weighted by Crippen LogP contribution is -2.39. The number of benzene rings is 1. The van der Waals surface area contributed by atoms with Crippen LogP contribution in [0.3, 0.4) is 0 Å². The van der Waals surface area contributed by atoms with Gasteiger partial charge in [0, 0.05) is 0 Å². The van der Waals surface area contributed by atoms with Gasteiger partial charge in [0.05, 0.1) is 23.0 Å². The number of likely N-dealkylation sites (tertiary alicyclic amines) is 1. The van der Waals surface area contributed by atoms with E-state index in [1.165, 1.54) is 12.1 Å². The lowest BCUT2D eigenvalue weighted by molar-refractivity contribution is -0.154. The highest BCUT2D eigenvalue weighted by atomic mass is 16.5. The molecule has 1 saturated carbocycles. The van der Waals surface area contributed by atoms with Gasteiger partial charge in [0.25, 0.3) is 11.8 Å². The Balaban J connectivity index is 1.37. The lowest BCUT2D eigenvalue weighted by Gasteiger charge is -2.19. The van der Waals surface area contributed by atoms with Crippen LogP contribution in [0.4, 0.5) is 0 Å². The smallest absolute Gasteiger partial charge is 0.327 e. The molecule has 8 heteroatoms. The molecular formula is C19H18N2O6. The second kappa shape index (κ2) is 6.61.